The number of fused-ring (bicyclic) bond motifs is 3. The summed E-state index contributed by atoms with van der Waals surface area (Å²) in [7, 11) is 1.35. The Hall–Kier alpha value is -4.52. The lowest BCUT2D eigenvalue weighted by Crippen LogP contribution is -2.00. The zero-order valence-corrected chi connectivity index (χ0v) is 17.0. The summed E-state index contributed by atoms with van der Waals surface area (Å²) in [6.07, 6.45) is 1.78. The molecule has 0 unspecified atom stereocenters. The third kappa shape index (κ3) is 3.16. The van der Waals surface area contributed by atoms with Crippen molar-refractivity contribution in [3.05, 3.63) is 94.7 Å². The van der Waals surface area contributed by atoms with E-state index in [0.29, 0.717) is 11.2 Å². The van der Waals surface area contributed by atoms with E-state index in [2.05, 4.69) is 9.97 Å². The lowest BCUT2D eigenvalue weighted by Gasteiger charge is -2.12. The van der Waals surface area contributed by atoms with Crippen molar-refractivity contribution in [1.29, 1.82) is 0 Å². The molecular weight excluding hydrogens is 406 g/mol. The van der Waals surface area contributed by atoms with Gasteiger partial charge in [0.05, 0.1) is 17.6 Å². The first kappa shape index (κ1) is 19.4. The Labute approximate surface area is 182 Å². The molecule has 0 fully saturated rings. The number of non-ortho nitro benzene ring substituents is 1. The summed E-state index contributed by atoms with van der Waals surface area (Å²) in [5.74, 6) is -0.405. The first-order chi connectivity index (χ1) is 15.6. The molecule has 32 heavy (non-hydrogen) atoms. The van der Waals surface area contributed by atoms with Gasteiger partial charge in [-0.25, -0.2) is 9.78 Å². The molecule has 1 N–H and O–H groups in total. The highest BCUT2D eigenvalue weighted by molar-refractivity contribution is 6.16. The van der Waals surface area contributed by atoms with Crippen LogP contribution >= 0.6 is 0 Å². The normalized spacial score (nSPS) is 11.0. The molecule has 0 bridgehead atoms. The molecular formula is C25H17N3O4. The molecule has 0 saturated carbocycles. The lowest BCUT2D eigenvalue weighted by atomic mass is 9.92. The Balaban J connectivity index is 1.83. The molecule has 2 aromatic heterocycles. The predicted octanol–water partition coefficient (Wildman–Crippen LogP) is 5.74. The fourth-order valence-corrected chi connectivity index (χ4v) is 3.98. The molecule has 0 atom stereocenters. The molecule has 0 aliphatic rings. The van der Waals surface area contributed by atoms with Gasteiger partial charge in [-0.05, 0) is 29.3 Å². The molecule has 2 heterocycles. The molecule has 7 heteroatoms. The van der Waals surface area contributed by atoms with Crippen molar-refractivity contribution in [2.24, 2.45) is 0 Å². The summed E-state index contributed by atoms with van der Waals surface area (Å²) in [4.78, 5) is 30.7. The molecule has 0 amide bonds. The van der Waals surface area contributed by atoms with E-state index in [9.17, 15) is 14.9 Å². The molecule has 156 valence electrons. The van der Waals surface area contributed by atoms with Crippen molar-refractivity contribution in [3.8, 4) is 22.3 Å². The number of nitro benzene ring substituents is 1. The molecule has 3 aromatic carbocycles. The maximum atomic E-state index is 11.8. The number of methoxy groups -OCH3 is 1. The van der Waals surface area contributed by atoms with Crippen molar-refractivity contribution in [2.45, 2.75) is 0 Å². The van der Waals surface area contributed by atoms with Gasteiger partial charge in [-0.3, -0.25) is 10.1 Å². The largest absolute Gasteiger partial charge is 0.465 e. The molecule has 5 rings (SSSR count). The Morgan fingerprint density at radius 2 is 1.75 bits per heavy atom. The number of pyridine rings is 1. The molecule has 7 nitrogen and oxygen atoms in total. The number of nitrogens with one attached hydrogen (secondary N) is 1. The number of carbonyl (C=O) groups excluding carboxylic acids is 1. The fourth-order valence-electron chi connectivity index (χ4n) is 3.98. The van der Waals surface area contributed by atoms with Gasteiger partial charge in [0.15, 0.2) is 0 Å². The van der Waals surface area contributed by atoms with Gasteiger partial charge in [0.25, 0.3) is 5.69 Å². The van der Waals surface area contributed by atoms with Crippen LogP contribution in [-0.4, -0.2) is 28.0 Å². The van der Waals surface area contributed by atoms with Crippen LogP contribution in [0.3, 0.4) is 0 Å². The number of esters is 1. The second-order valence-electron chi connectivity index (χ2n) is 7.32. The standard InChI is InChI=1S/C25H17N3O4/c1-32-25(29)17-9-7-15(8-10-17)20-14-26-24-23(22(20)16-5-3-2-4-6-16)19-13-18(28(30)31)11-12-21(19)27-24/h2-14H,1H3,(H,26,27). The van der Waals surface area contributed by atoms with Crippen molar-refractivity contribution in [2.75, 3.05) is 7.11 Å². The van der Waals surface area contributed by atoms with Crippen molar-refractivity contribution >= 4 is 33.6 Å². The number of hydrogen-bond acceptors (Lipinski definition) is 5. The minimum Gasteiger partial charge on any atom is -0.465 e. The zero-order chi connectivity index (χ0) is 22.2. The van der Waals surface area contributed by atoms with E-state index in [1.807, 2.05) is 42.5 Å². The monoisotopic (exact) mass is 423 g/mol. The second kappa shape index (κ2) is 7.63. The maximum absolute atomic E-state index is 11.8. The van der Waals surface area contributed by atoms with Crippen LogP contribution in [0.1, 0.15) is 10.4 Å². The summed E-state index contributed by atoms with van der Waals surface area (Å²) in [6, 6.07) is 21.7. The minimum atomic E-state index is -0.405. The van der Waals surface area contributed by atoms with Gasteiger partial charge in [-0.2, -0.15) is 0 Å². The van der Waals surface area contributed by atoms with Crippen molar-refractivity contribution < 1.29 is 14.5 Å². The number of H-pyrrole nitrogens is 1. The smallest absolute Gasteiger partial charge is 0.337 e. The topological polar surface area (TPSA) is 98.1 Å². The first-order valence-corrected chi connectivity index (χ1v) is 9.90. The summed E-state index contributed by atoms with van der Waals surface area (Å²) in [5.41, 5.74) is 5.48. The fraction of sp³-hybridized carbons (Fsp3) is 0.0400. The number of carbonyl (C=O) groups is 1. The second-order valence-corrected chi connectivity index (χ2v) is 7.32. The summed E-state index contributed by atoms with van der Waals surface area (Å²) in [6.45, 7) is 0. The maximum Gasteiger partial charge on any atom is 0.337 e. The van der Waals surface area contributed by atoms with Crippen molar-refractivity contribution in [1.82, 2.24) is 9.97 Å². The number of aromatic nitrogens is 2. The van der Waals surface area contributed by atoms with Crippen LogP contribution in [0.15, 0.2) is 79.0 Å². The van der Waals surface area contributed by atoms with E-state index in [1.54, 1.807) is 30.5 Å². The van der Waals surface area contributed by atoms with Crippen LogP contribution in [0.5, 0.6) is 0 Å². The number of nitro groups is 1. The van der Waals surface area contributed by atoms with Gasteiger partial charge < -0.3 is 9.72 Å². The molecule has 0 radical (unpaired) electrons. The van der Waals surface area contributed by atoms with Gasteiger partial charge in [0, 0.05) is 45.7 Å². The first-order valence-electron chi connectivity index (χ1n) is 9.90. The van der Waals surface area contributed by atoms with Crippen LogP contribution in [0.25, 0.3) is 44.2 Å². The molecule has 0 saturated heterocycles. The SMILES string of the molecule is COC(=O)c1ccc(-c2cnc3[nH]c4ccc([N+](=O)[O-])cc4c3c2-c2ccccc2)cc1. The quantitative estimate of drug-likeness (QED) is 0.226. The number of benzene rings is 3. The van der Waals surface area contributed by atoms with Gasteiger partial charge in [-0.15, -0.1) is 0 Å². The number of aromatic amines is 1. The van der Waals surface area contributed by atoms with Gasteiger partial charge in [0.2, 0.25) is 0 Å². The van der Waals surface area contributed by atoms with E-state index in [1.165, 1.54) is 13.2 Å². The number of ether oxygens (including phenoxy) is 1. The summed E-state index contributed by atoms with van der Waals surface area (Å²) in [5, 5.41) is 12.9. The predicted molar refractivity (Wildman–Crippen MR) is 122 cm³/mol. The Bertz CT molecular complexity index is 1490. The van der Waals surface area contributed by atoms with E-state index in [-0.39, 0.29) is 5.69 Å². The highest BCUT2D eigenvalue weighted by atomic mass is 16.6. The third-order valence-corrected chi connectivity index (χ3v) is 5.49. The van der Waals surface area contributed by atoms with Crippen LogP contribution in [0.4, 0.5) is 5.69 Å². The Morgan fingerprint density at radius 1 is 1.00 bits per heavy atom. The average molecular weight is 423 g/mol. The number of hydrogen-bond donors (Lipinski definition) is 1. The Morgan fingerprint density at radius 3 is 2.44 bits per heavy atom. The van der Waals surface area contributed by atoms with E-state index >= 15 is 0 Å². The number of nitrogens with zero attached hydrogens (tertiary/aromatic N) is 2. The molecule has 5 aromatic rings. The van der Waals surface area contributed by atoms with Crippen LogP contribution in [-0.2, 0) is 4.74 Å². The van der Waals surface area contributed by atoms with Crippen LogP contribution in [0, 0.1) is 10.1 Å². The van der Waals surface area contributed by atoms with Gasteiger partial charge in [0.1, 0.15) is 5.65 Å². The minimum absolute atomic E-state index is 0.0187. The highest BCUT2D eigenvalue weighted by Crippen LogP contribution is 2.41. The molecule has 0 aliphatic carbocycles. The summed E-state index contributed by atoms with van der Waals surface area (Å²) >= 11 is 0. The van der Waals surface area contributed by atoms with E-state index < -0.39 is 10.9 Å². The molecule has 0 aliphatic heterocycles. The van der Waals surface area contributed by atoms with E-state index in [0.717, 1.165) is 38.5 Å². The number of rotatable bonds is 4. The van der Waals surface area contributed by atoms with Crippen LogP contribution < -0.4 is 0 Å². The molecule has 0 spiro atoms. The van der Waals surface area contributed by atoms with Crippen molar-refractivity contribution in [3.63, 3.8) is 0 Å². The average Bonchev–Trinajstić information content (AvgIpc) is 3.21. The Kier molecular flexibility index (Phi) is 4.63. The van der Waals surface area contributed by atoms with Crippen LogP contribution in [0.2, 0.25) is 0 Å². The van der Waals surface area contributed by atoms with E-state index in [4.69, 9.17) is 4.74 Å². The van der Waals surface area contributed by atoms with Gasteiger partial charge in [-0.1, -0.05) is 42.5 Å². The lowest BCUT2D eigenvalue weighted by molar-refractivity contribution is -0.384. The van der Waals surface area contributed by atoms with Gasteiger partial charge >= 0.3 is 5.97 Å². The highest BCUT2D eigenvalue weighted by Gasteiger charge is 2.19. The summed E-state index contributed by atoms with van der Waals surface area (Å²) < 4.78 is 4.79. The third-order valence-electron chi connectivity index (χ3n) is 5.49. The zero-order valence-electron chi connectivity index (χ0n) is 17.0.